The van der Waals surface area contributed by atoms with Gasteiger partial charge in [0.05, 0.1) is 4.90 Å². The van der Waals surface area contributed by atoms with Gasteiger partial charge in [-0.15, -0.1) is 0 Å². The molecule has 2 amide bonds. The molecule has 0 atom stereocenters. The average Bonchev–Trinajstić information content (AvgIpc) is 3.17. The molecule has 3 aromatic rings. The minimum absolute atomic E-state index is 0.152. The van der Waals surface area contributed by atoms with E-state index in [2.05, 4.69) is 25.3 Å². The quantitative estimate of drug-likeness (QED) is 0.541. The van der Waals surface area contributed by atoms with Crippen molar-refractivity contribution in [3.8, 4) is 5.82 Å². The van der Waals surface area contributed by atoms with Crippen molar-refractivity contribution in [2.75, 3.05) is 7.05 Å². The maximum Gasteiger partial charge on any atom is 0.315 e. The molecule has 0 saturated heterocycles. The van der Waals surface area contributed by atoms with Gasteiger partial charge in [-0.2, -0.15) is 0 Å². The number of nitrogens with zero attached hydrogens (tertiary/aromatic N) is 3. The van der Waals surface area contributed by atoms with Gasteiger partial charge in [-0.3, -0.25) is 4.57 Å². The Labute approximate surface area is 169 Å². The first-order chi connectivity index (χ1) is 13.9. The molecule has 0 fully saturated rings. The summed E-state index contributed by atoms with van der Waals surface area (Å²) in [6.07, 6.45) is 5.20. The number of hydrogen-bond acceptors (Lipinski definition) is 5. The fraction of sp³-hybridized carbons (Fsp3) is 0.211. The Morgan fingerprint density at radius 2 is 1.76 bits per heavy atom. The number of pyridine rings is 1. The highest BCUT2D eigenvalue weighted by Crippen LogP contribution is 2.11. The van der Waals surface area contributed by atoms with E-state index in [1.54, 1.807) is 24.5 Å². The lowest BCUT2D eigenvalue weighted by Gasteiger charge is -2.10. The third kappa shape index (κ3) is 5.18. The molecule has 3 rings (SSSR count). The van der Waals surface area contributed by atoms with Gasteiger partial charge in [0.2, 0.25) is 10.0 Å². The van der Waals surface area contributed by atoms with Crippen LogP contribution in [0.15, 0.2) is 59.9 Å². The number of nitrogens with one attached hydrogen (secondary N) is 3. The number of benzene rings is 1. The van der Waals surface area contributed by atoms with Crippen molar-refractivity contribution in [1.29, 1.82) is 0 Å². The molecule has 0 aliphatic heterocycles. The van der Waals surface area contributed by atoms with Gasteiger partial charge in [0.25, 0.3) is 0 Å². The molecular formula is C19H22N6O3S. The van der Waals surface area contributed by atoms with Crippen LogP contribution in [-0.2, 0) is 23.1 Å². The zero-order valence-electron chi connectivity index (χ0n) is 16.1. The summed E-state index contributed by atoms with van der Waals surface area (Å²) in [5, 5.41) is 5.50. The largest absolute Gasteiger partial charge is 0.334 e. The molecule has 0 bridgehead atoms. The van der Waals surface area contributed by atoms with Crippen LogP contribution < -0.4 is 15.4 Å². The number of rotatable bonds is 7. The highest BCUT2D eigenvalue weighted by molar-refractivity contribution is 7.89. The van der Waals surface area contributed by atoms with Gasteiger partial charge in [0.15, 0.2) is 0 Å². The minimum atomic E-state index is -3.52. The van der Waals surface area contributed by atoms with Crippen LogP contribution in [0.2, 0.25) is 0 Å². The number of hydrogen-bond donors (Lipinski definition) is 3. The first-order valence-electron chi connectivity index (χ1n) is 8.88. The maximum absolute atomic E-state index is 12.1. The second kappa shape index (κ2) is 8.84. The summed E-state index contributed by atoms with van der Waals surface area (Å²) in [4.78, 5) is 20.8. The summed E-state index contributed by atoms with van der Waals surface area (Å²) >= 11 is 0. The van der Waals surface area contributed by atoms with Crippen LogP contribution >= 0.6 is 0 Å². The summed E-state index contributed by atoms with van der Waals surface area (Å²) < 4.78 is 27.9. The first-order valence-corrected chi connectivity index (χ1v) is 10.4. The van der Waals surface area contributed by atoms with Crippen molar-refractivity contribution in [3.63, 3.8) is 0 Å². The van der Waals surface area contributed by atoms with Gasteiger partial charge in [0, 0.05) is 31.7 Å². The number of sulfonamides is 1. The van der Waals surface area contributed by atoms with Crippen LogP contribution in [0.4, 0.5) is 4.79 Å². The van der Waals surface area contributed by atoms with E-state index in [1.807, 2.05) is 29.8 Å². The van der Waals surface area contributed by atoms with Gasteiger partial charge < -0.3 is 10.6 Å². The van der Waals surface area contributed by atoms with Crippen LogP contribution in [-0.4, -0.2) is 36.0 Å². The van der Waals surface area contributed by atoms with E-state index in [4.69, 9.17) is 0 Å². The molecule has 29 heavy (non-hydrogen) atoms. The van der Waals surface area contributed by atoms with E-state index in [9.17, 15) is 13.2 Å². The van der Waals surface area contributed by atoms with Crippen molar-refractivity contribution in [2.45, 2.75) is 24.9 Å². The van der Waals surface area contributed by atoms with Crippen molar-refractivity contribution >= 4 is 16.1 Å². The molecule has 1 aromatic carbocycles. The number of aromatic nitrogens is 3. The zero-order valence-corrected chi connectivity index (χ0v) is 16.9. The molecular weight excluding hydrogens is 392 g/mol. The Balaban J connectivity index is 1.56. The Morgan fingerprint density at radius 3 is 2.41 bits per heavy atom. The van der Waals surface area contributed by atoms with Gasteiger partial charge in [-0.05, 0) is 49.4 Å². The highest BCUT2D eigenvalue weighted by Gasteiger charge is 2.11. The van der Waals surface area contributed by atoms with Crippen molar-refractivity contribution in [3.05, 3.63) is 71.9 Å². The summed E-state index contributed by atoms with van der Waals surface area (Å²) in [5.41, 5.74) is 1.57. The second-order valence-electron chi connectivity index (χ2n) is 6.26. The number of urea groups is 1. The summed E-state index contributed by atoms with van der Waals surface area (Å²) in [6.45, 7) is 2.41. The number of aryl methyl sites for hydroxylation is 1. The van der Waals surface area contributed by atoms with Gasteiger partial charge in [0.1, 0.15) is 11.6 Å². The standard InChI is InChI=1S/C19H22N6O3S/c1-14-21-8-9-25(14)18-11-16(6-7-22-18)13-24-19(26)23-12-15-4-3-5-17(10-15)29(27,28)20-2/h3-11,20H,12-13H2,1-2H3,(H2,23,24,26). The molecule has 0 aliphatic carbocycles. The molecule has 0 spiro atoms. The summed E-state index contributed by atoms with van der Waals surface area (Å²) in [5.74, 6) is 1.55. The lowest BCUT2D eigenvalue weighted by molar-refractivity contribution is 0.240. The van der Waals surface area contributed by atoms with E-state index in [-0.39, 0.29) is 17.5 Å². The Kier molecular flexibility index (Phi) is 6.25. The molecule has 2 heterocycles. The van der Waals surface area contributed by atoms with Crippen LogP contribution in [0, 0.1) is 6.92 Å². The molecule has 152 valence electrons. The SMILES string of the molecule is CNS(=O)(=O)c1cccc(CNC(=O)NCc2ccnc(-n3ccnc3C)c2)c1. The molecule has 0 saturated carbocycles. The molecule has 0 radical (unpaired) electrons. The van der Waals surface area contributed by atoms with E-state index in [0.29, 0.717) is 12.1 Å². The van der Waals surface area contributed by atoms with Crippen molar-refractivity contribution < 1.29 is 13.2 Å². The van der Waals surface area contributed by atoms with E-state index in [1.165, 1.54) is 19.2 Å². The van der Waals surface area contributed by atoms with Crippen molar-refractivity contribution in [1.82, 2.24) is 29.9 Å². The van der Waals surface area contributed by atoms with E-state index < -0.39 is 10.0 Å². The molecule has 3 N–H and O–H groups in total. The number of amides is 2. The lowest BCUT2D eigenvalue weighted by atomic mass is 10.2. The van der Waals surface area contributed by atoms with E-state index in [0.717, 1.165) is 17.2 Å². The smallest absolute Gasteiger partial charge is 0.315 e. The molecule has 2 aromatic heterocycles. The molecule has 0 aliphatic rings. The van der Waals surface area contributed by atoms with Crippen molar-refractivity contribution in [2.24, 2.45) is 0 Å². The highest BCUT2D eigenvalue weighted by atomic mass is 32.2. The van der Waals surface area contributed by atoms with Crippen LogP contribution in [0.25, 0.3) is 5.82 Å². The van der Waals surface area contributed by atoms with Gasteiger partial charge in [-0.1, -0.05) is 12.1 Å². The zero-order chi connectivity index (χ0) is 20.9. The average molecular weight is 414 g/mol. The number of imidazole rings is 1. The predicted molar refractivity (Wildman–Crippen MR) is 108 cm³/mol. The molecule has 10 heteroatoms. The Morgan fingerprint density at radius 1 is 1.03 bits per heavy atom. The van der Waals surface area contributed by atoms with Crippen LogP contribution in [0.5, 0.6) is 0 Å². The minimum Gasteiger partial charge on any atom is -0.334 e. The Bertz CT molecular complexity index is 1110. The number of carbonyl (C=O) groups is 1. The van der Waals surface area contributed by atoms with Gasteiger partial charge in [-0.25, -0.2) is 27.9 Å². The third-order valence-corrected chi connectivity index (χ3v) is 5.68. The first kappa shape index (κ1) is 20.5. The maximum atomic E-state index is 12.1. The lowest BCUT2D eigenvalue weighted by Crippen LogP contribution is -2.34. The fourth-order valence-corrected chi connectivity index (χ4v) is 3.49. The predicted octanol–water partition coefficient (Wildman–Crippen LogP) is 1.48. The van der Waals surface area contributed by atoms with Crippen LogP contribution in [0.1, 0.15) is 17.0 Å². The van der Waals surface area contributed by atoms with Crippen LogP contribution in [0.3, 0.4) is 0 Å². The van der Waals surface area contributed by atoms with Gasteiger partial charge >= 0.3 is 6.03 Å². The topological polar surface area (TPSA) is 118 Å². The Hall–Kier alpha value is -3.24. The molecule has 9 nitrogen and oxygen atoms in total. The third-order valence-electron chi connectivity index (χ3n) is 4.27. The fourth-order valence-electron chi connectivity index (χ4n) is 2.69. The molecule has 0 unspecified atom stereocenters. The summed E-state index contributed by atoms with van der Waals surface area (Å²) in [7, 11) is -2.17. The number of carbonyl (C=O) groups excluding carboxylic acids is 1. The van der Waals surface area contributed by atoms with E-state index >= 15 is 0 Å². The normalized spacial score (nSPS) is 11.2. The second-order valence-corrected chi connectivity index (χ2v) is 8.14. The summed E-state index contributed by atoms with van der Waals surface area (Å²) in [6, 6.07) is 9.74. The monoisotopic (exact) mass is 414 g/mol.